The van der Waals surface area contributed by atoms with E-state index < -0.39 is 24.0 Å². The fourth-order valence-corrected chi connectivity index (χ4v) is 3.99. The molecule has 2 aromatic carbocycles. The zero-order valence-electron chi connectivity index (χ0n) is 18.8. The number of fused-ring (bicyclic) bond motifs is 3. The Morgan fingerprint density at radius 3 is 2.20 bits per heavy atom. The summed E-state index contributed by atoms with van der Waals surface area (Å²) in [6, 6.07) is 15.1. The van der Waals surface area contributed by atoms with Gasteiger partial charge in [-0.2, -0.15) is 0 Å². The van der Waals surface area contributed by atoms with Crippen LogP contribution in [-0.2, 0) is 16.1 Å². The summed E-state index contributed by atoms with van der Waals surface area (Å²) >= 11 is 0. The third kappa shape index (κ3) is 5.35. The molecule has 2 amide bonds. The van der Waals surface area contributed by atoms with E-state index in [1.54, 1.807) is 0 Å². The first-order valence-corrected chi connectivity index (χ1v) is 11.0. The summed E-state index contributed by atoms with van der Waals surface area (Å²) in [6.45, 7) is 3.68. The lowest BCUT2D eigenvalue weighted by atomic mass is 9.98. The van der Waals surface area contributed by atoms with Crippen molar-refractivity contribution in [3.05, 3.63) is 96.1 Å². The molecule has 0 spiro atoms. The lowest BCUT2D eigenvalue weighted by Gasteiger charge is -2.14. The zero-order chi connectivity index (χ0) is 24.8. The quantitative estimate of drug-likeness (QED) is 0.408. The minimum Gasteiger partial charge on any atom is -0.480 e. The van der Waals surface area contributed by atoms with E-state index in [0.717, 1.165) is 22.3 Å². The van der Waals surface area contributed by atoms with Crippen LogP contribution in [0.1, 0.15) is 39.6 Å². The molecule has 0 bridgehead atoms. The molecule has 1 unspecified atom stereocenters. The van der Waals surface area contributed by atoms with Crippen LogP contribution in [0.4, 0.5) is 4.79 Å². The number of rotatable bonds is 9. The SMILES string of the molecule is C=CCC(NC(=O)c1cnc(CNC(=O)OCC2c3ccccc3-c3ccccc32)nc1)C(=O)O. The number of aliphatic carboxylic acids is 1. The minimum absolute atomic E-state index is 0.00673. The summed E-state index contributed by atoms with van der Waals surface area (Å²) in [7, 11) is 0. The fraction of sp³-hybridized carbons (Fsp3) is 0.192. The average molecular weight is 473 g/mol. The maximum Gasteiger partial charge on any atom is 0.407 e. The molecule has 35 heavy (non-hydrogen) atoms. The van der Waals surface area contributed by atoms with Gasteiger partial charge in [0.05, 0.1) is 12.1 Å². The number of hydrogen-bond donors (Lipinski definition) is 3. The van der Waals surface area contributed by atoms with Crippen LogP contribution in [0.15, 0.2) is 73.6 Å². The van der Waals surface area contributed by atoms with Crippen molar-refractivity contribution in [2.24, 2.45) is 0 Å². The zero-order valence-corrected chi connectivity index (χ0v) is 18.8. The number of carboxylic acid groups (broad SMARTS) is 1. The van der Waals surface area contributed by atoms with Gasteiger partial charge >= 0.3 is 12.1 Å². The molecule has 3 aromatic rings. The number of alkyl carbamates (subject to hydrolysis) is 1. The highest BCUT2D eigenvalue weighted by atomic mass is 16.5. The van der Waals surface area contributed by atoms with Gasteiger partial charge in [0, 0.05) is 18.3 Å². The monoisotopic (exact) mass is 472 g/mol. The summed E-state index contributed by atoms with van der Waals surface area (Å²) in [5, 5.41) is 14.1. The van der Waals surface area contributed by atoms with Gasteiger partial charge in [-0.3, -0.25) is 4.79 Å². The highest BCUT2D eigenvalue weighted by Gasteiger charge is 2.29. The van der Waals surface area contributed by atoms with Crippen molar-refractivity contribution in [3.8, 4) is 11.1 Å². The summed E-state index contributed by atoms with van der Waals surface area (Å²) in [5.74, 6) is -1.55. The Kier molecular flexibility index (Phi) is 7.15. The van der Waals surface area contributed by atoms with E-state index in [1.807, 2.05) is 36.4 Å². The third-order valence-electron chi connectivity index (χ3n) is 5.71. The Labute approximate surface area is 201 Å². The topological polar surface area (TPSA) is 131 Å². The summed E-state index contributed by atoms with van der Waals surface area (Å²) in [4.78, 5) is 43.8. The largest absolute Gasteiger partial charge is 0.480 e. The maximum atomic E-state index is 12.3. The molecule has 4 rings (SSSR count). The Bertz CT molecular complexity index is 1210. The molecule has 0 fully saturated rings. The third-order valence-corrected chi connectivity index (χ3v) is 5.71. The molecule has 9 nitrogen and oxygen atoms in total. The highest BCUT2D eigenvalue weighted by Crippen LogP contribution is 2.44. The number of ether oxygens (including phenoxy) is 1. The molecule has 1 aliphatic carbocycles. The Balaban J connectivity index is 1.30. The van der Waals surface area contributed by atoms with Crippen molar-refractivity contribution < 1.29 is 24.2 Å². The Morgan fingerprint density at radius 1 is 1.03 bits per heavy atom. The first-order valence-electron chi connectivity index (χ1n) is 11.0. The predicted molar refractivity (Wildman–Crippen MR) is 128 cm³/mol. The average Bonchev–Trinajstić information content (AvgIpc) is 3.20. The van der Waals surface area contributed by atoms with Gasteiger partial charge in [0.2, 0.25) is 0 Å². The van der Waals surface area contributed by atoms with Crippen LogP contribution >= 0.6 is 0 Å². The molecule has 0 radical (unpaired) electrons. The van der Waals surface area contributed by atoms with E-state index in [4.69, 9.17) is 9.84 Å². The Morgan fingerprint density at radius 2 is 1.63 bits per heavy atom. The molecule has 3 N–H and O–H groups in total. The number of nitrogens with one attached hydrogen (secondary N) is 2. The van der Waals surface area contributed by atoms with Crippen molar-refractivity contribution in [1.82, 2.24) is 20.6 Å². The number of amides is 2. The number of carbonyl (C=O) groups is 3. The lowest BCUT2D eigenvalue weighted by Crippen LogP contribution is -2.40. The molecule has 1 aromatic heterocycles. The molecule has 0 aliphatic heterocycles. The number of carboxylic acids is 1. The molecule has 178 valence electrons. The van der Waals surface area contributed by atoms with E-state index in [0.29, 0.717) is 0 Å². The van der Waals surface area contributed by atoms with Crippen LogP contribution in [0.25, 0.3) is 11.1 Å². The second-order valence-corrected chi connectivity index (χ2v) is 7.96. The van der Waals surface area contributed by atoms with Crippen LogP contribution < -0.4 is 10.6 Å². The molecular weight excluding hydrogens is 448 g/mol. The van der Waals surface area contributed by atoms with Crippen LogP contribution in [0, 0.1) is 0 Å². The fourth-order valence-electron chi connectivity index (χ4n) is 3.99. The summed E-state index contributed by atoms with van der Waals surface area (Å²) in [6.07, 6.45) is 3.43. The van der Waals surface area contributed by atoms with Crippen molar-refractivity contribution in [3.63, 3.8) is 0 Å². The minimum atomic E-state index is -1.16. The first kappa shape index (κ1) is 23.6. The van der Waals surface area contributed by atoms with Gasteiger partial charge < -0.3 is 20.5 Å². The molecule has 1 atom stereocenters. The van der Waals surface area contributed by atoms with Crippen molar-refractivity contribution >= 4 is 18.0 Å². The second-order valence-electron chi connectivity index (χ2n) is 7.96. The molecule has 1 heterocycles. The van der Waals surface area contributed by atoms with Gasteiger partial charge in [-0.15, -0.1) is 6.58 Å². The van der Waals surface area contributed by atoms with Crippen LogP contribution in [-0.4, -0.2) is 45.7 Å². The van der Waals surface area contributed by atoms with Crippen molar-refractivity contribution in [2.75, 3.05) is 6.61 Å². The molecule has 0 saturated carbocycles. The van der Waals surface area contributed by atoms with Gasteiger partial charge in [0.25, 0.3) is 5.91 Å². The number of hydrogen-bond acceptors (Lipinski definition) is 6. The Hall–Kier alpha value is -4.53. The smallest absolute Gasteiger partial charge is 0.407 e. The predicted octanol–water partition coefficient (Wildman–Crippen LogP) is 3.27. The van der Waals surface area contributed by atoms with E-state index in [2.05, 4.69) is 39.3 Å². The summed E-state index contributed by atoms with van der Waals surface area (Å²) < 4.78 is 5.48. The maximum absolute atomic E-state index is 12.3. The van der Waals surface area contributed by atoms with Gasteiger partial charge in [-0.1, -0.05) is 54.6 Å². The van der Waals surface area contributed by atoms with Crippen LogP contribution in [0.5, 0.6) is 0 Å². The standard InChI is InChI=1S/C26H24N4O5/c1-2-7-22(25(32)33)30-24(31)16-12-27-23(28-13-16)14-29-26(34)35-15-21-19-10-5-3-8-17(19)18-9-4-6-11-20(18)21/h2-6,8-13,21-22H,1,7,14-15H2,(H,29,34)(H,30,31)(H,32,33). The number of carbonyl (C=O) groups excluding carboxylic acids is 2. The lowest BCUT2D eigenvalue weighted by molar-refractivity contribution is -0.139. The van der Waals surface area contributed by atoms with Gasteiger partial charge in [-0.25, -0.2) is 19.6 Å². The first-order chi connectivity index (χ1) is 17.0. The molecule has 1 aliphatic rings. The van der Waals surface area contributed by atoms with E-state index in [1.165, 1.54) is 18.5 Å². The normalized spacial score (nSPS) is 12.7. The van der Waals surface area contributed by atoms with Gasteiger partial charge in [-0.05, 0) is 28.7 Å². The van der Waals surface area contributed by atoms with Crippen molar-refractivity contribution in [1.29, 1.82) is 0 Å². The second kappa shape index (κ2) is 10.6. The summed E-state index contributed by atoms with van der Waals surface area (Å²) in [5.41, 5.74) is 4.64. The number of aromatic nitrogens is 2. The van der Waals surface area contributed by atoms with E-state index >= 15 is 0 Å². The van der Waals surface area contributed by atoms with Crippen LogP contribution in [0.2, 0.25) is 0 Å². The number of nitrogens with zero attached hydrogens (tertiary/aromatic N) is 2. The van der Waals surface area contributed by atoms with Crippen LogP contribution in [0.3, 0.4) is 0 Å². The van der Waals surface area contributed by atoms with Crippen molar-refractivity contribution in [2.45, 2.75) is 24.9 Å². The highest BCUT2D eigenvalue weighted by molar-refractivity contribution is 5.96. The molecule has 9 heteroatoms. The van der Waals surface area contributed by atoms with Gasteiger partial charge in [0.15, 0.2) is 0 Å². The van der Waals surface area contributed by atoms with E-state index in [9.17, 15) is 14.4 Å². The van der Waals surface area contributed by atoms with E-state index in [-0.39, 0.29) is 36.9 Å². The molecular formula is C26H24N4O5. The number of benzene rings is 2. The van der Waals surface area contributed by atoms with Gasteiger partial charge in [0.1, 0.15) is 18.5 Å². The molecule has 0 saturated heterocycles.